The summed E-state index contributed by atoms with van der Waals surface area (Å²) in [7, 11) is 0. The van der Waals surface area contributed by atoms with Crippen LogP contribution in [0.5, 0.6) is 0 Å². The summed E-state index contributed by atoms with van der Waals surface area (Å²) < 4.78 is 1.59. The summed E-state index contributed by atoms with van der Waals surface area (Å²) in [5, 5.41) is 12.4. The van der Waals surface area contributed by atoms with Crippen LogP contribution in [-0.2, 0) is 6.54 Å². The van der Waals surface area contributed by atoms with Crippen molar-refractivity contribution in [2.75, 3.05) is 0 Å². The van der Waals surface area contributed by atoms with Crippen LogP contribution in [0.1, 0.15) is 16.1 Å². The molecule has 0 aliphatic heterocycles. The van der Waals surface area contributed by atoms with Crippen molar-refractivity contribution in [1.29, 1.82) is 0 Å². The van der Waals surface area contributed by atoms with Crippen LogP contribution < -0.4 is 5.32 Å². The molecule has 0 aliphatic rings. The Hall–Kier alpha value is -3.22. The molecule has 0 aliphatic carbocycles. The number of rotatable bonds is 5. The van der Waals surface area contributed by atoms with E-state index in [1.807, 2.05) is 24.3 Å². The van der Waals surface area contributed by atoms with Gasteiger partial charge in [0.15, 0.2) is 5.69 Å². The van der Waals surface area contributed by atoms with Gasteiger partial charge in [0.25, 0.3) is 5.91 Å². The number of carbonyl (C=O) groups is 1. The minimum Gasteiger partial charge on any atom is -0.346 e. The lowest BCUT2D eigenvalue weighted by atomic mass is 10.1. The van der Waals surface area contributed by atoms with E-state index >= 15 is 0 Å². The second-order valence-electron chi connectivity index (χ2n) is 6.23. The summed E-state index contributed by atoms with van der Waals surface area (Å²) >= 11 is 12.1. The number of halogens is 2. The first kappa shape index (κ1) is 19.1. The first-order valence-electron chi connectivity index (χ1n) is 8.76. The molecule has 4 aromatic rings. The SMILES string of the molecule is O=C(NCc1cccc(Cl)c1)c1nnn(-c2cccc(Cl)c2)c1-c1ccncc1. The Morgan fingerprint density at radius 1 is 0.966 bits per heavy atom. The zero-order chi connectivity index (χ0) is 20.2. The van der Waals surface area contributed by atoms with E-state index in [9.17, 15) is 4.79 Å². The van der Waals surface area contributed by atoms with Gasteiger partial charge >= 0.3 is 0 Å². The minimum absolute atomic E-state index is 0.207. The summed E-state index contributed by atoms with van der Waals surface area (Å²) in [5.74, 6) is -0.343. The quantitative estimate of drug-likeness (QED) is 0.510. The molecule has 0 unspecified atom stereocenters. The van der Waals surface area contributed by atoms with Crippen molar-refractivity contribution in [1.82, 2.24) is 25.3 Å². The van der Waals surface area contributed by atoms with Crippen LogP contribution in [0.4, 0.5) is 0 Å². The van der Waals surface area contributed by atoms with Gasteiger partial charge in [-0.3, -0.25) is 9.78 Å². The van der Waals surface area contributed by atoms with Gasteiger partial charge in [0.05, 0.1) is 5.69 Å². The summed E-state index contributed by atoms with van der Waals surface area (Å²) in [6.45, 7) is 0.319. The van der Waals surface area contributed by atoms with E-state index in [0.29, 0.717) is 28.0 Å². The van der Waals surface area contributed by atoms with E-state index in [-0.39, 0.29) is 11.6 Å². The zero-order valence-electron chi connectivity index (χ0n) is 15.1. The second-order valence-corrected chi connectivity index (χ2v) is 7.10. The van der Waals surface area contributed by atoms with Crippen LogP contribution in [0.25, 0.3) is 16.9 Å². The topological polar surface area (TPSA) is 72.7 Å². The number of amides is 1. The highest BCUT2D eigenvalue weighted by Gasteiger charge is 2.22. The van der Waals surface area contributed by atoms with Crippen LogP contribution in [0, 0.1) is 0 Å². The van der Waals surface area contributed by atoms with Gasteiger partial charge < -0.3 is 5.32 Å². The number of carbonyl (C=O) groups excluding carboxylic acids is 1. The van der Waals surface area contributed by atoms with Crippen molar-refractivity contribution >= 4 is 29.1 Å². The van der Waals surface area contributed by atoms with Crippen molar-refractivity contribution in [2.24, 2.45) is 0 Å². The largest absolute Gasteiger partial charge is 0.346 e. The van der Waals surface area contributed by atoms with Crippen LogP contribution in [0.3, 0.4) is 0 Å². The summed E-state index contributed by atoms with van der Waals surface area (Å²) in [5.41, 5.74) is 3.11. The fourth-order valence-electron chi connectivity index (χ4n) is 2.91. The van der Waals surface area contributed by atoms with Crippen molar-refractivity contribution in [3.63, 3.8) is 0 Å². The number of hydrogen-bond acceptors (Lipinski definition) is 4. The fourth-order valence-corrected chi connectivity index (χ4v) is 3.30. The Morgan fingerprint density at radius 2 is 1.69 bits per heavy atom. The maximum atomic E-state index is 12.9. The smallest absolute Gasteiger partial charge is 0.274 e. The van der Waals surface area contributed by atoms with Crippen molar-refractivity contribution < 1.29 is 4.79 Å². The van der Waals surface area contributed by atoms with E-state index in [1.54, 1.807) is 53.5 Å². The maximum Gasteiger partial charge on any atom is 0.274 e. The van der Waals surface area contributed by atoms with E-state index in [0.717, 1.165) is 11.1 Å². The highest BCUT2D eigenvalue weighted by Crippen LogP contribution is 2.26. The standard InChI is InChI=1S/C21H15Cl2N5O/c22-16-4-1-3-14(11-16)13-25-21(29)19-20(15-7-9-24-10-8-15)28(27-26-19)18-6-2-5-17(23)12-18/h1-12H,13H2,(H,25,29). The second kappa shape index (κ2) is 8.43. The molecule has 144 valence electrons. The van der Waals surface area contributed by atoms with Gasteiger partial charge in [0, 0.05) is 34.5 Å². The Bertz CT molecular complexity index is 1160. The molecule has 2 aromatic heterocycles. The zero-order valence-corrected chi connectivity index (χ0v) is 16.6. The van der Waals surface area contributed by atoms with E-state index in [4.69, 9.17) is 23.2 Å². The number of nitrogens with zero attached hydrogens (tertiary/aromatic N) is 4. The van der Waals surface area contributed by atoms with Gasteiger partial charge in [-0.05, 0) is 48.0 Å². The van der Waals surface area contributed by atoms with Crippen molar-refractivity contribution in [2.45, 2.75) is 6.54 Å². The lowest BCUT2D eigenvalue weighted by Gasteiger charge is -2.09. The van der Waals surface area contributed by atoms with E-state index < -0.39 is 0 Å². The van der Waals surface area contributed by atoms with Gasteiger partial charge in [-0.15, -0.1) is 5.10 Å². The van der Waals surface area contributed by atoms with Crippen LogP contribution in [0.15, 0.2) is 73.1 Å². The summed E-state index contributed by atoms with van der Waals surface area (Å²) in [6, 6.07) is 18.1. The Kier molecular flexibility index (Phi) is 5.55. The average molecular weight is 424 g/mol. The van der Waals surface area contributed by atoms with Crippen molar-refractivity contribution in [3.05, 3.63) is 94.4 Å². The van der Waals surface area contributed by atoms with E-state index in [1.165, 1.54) is 0 Å². The van der Waals surface area contributed by atoms with Gasteiger partial charge in [0.1, 0.15) is 5.69 Å². The van der Waals surface area contributed by atoms with E-state index in [2.05, 4.69) is 20.6 Å². The molecule has 1 amide bonds. The van der Waals surface area contributed by atoms with Crippen LogP contribution in [-0.4, -0.2) is 25.9 Å². The Labute approximate surface area is 177 Å². The highest BCUT2D eigenvalue weighted by atomic mass is 35.5. The molecule has 0 saturated heterocycles. The monoisotopic (exact) mass is 423 g/mol. The molecule has 0 bridgehead atoms. The normalized spacial score (nSPS) is 10.7. The number of aromatic nitrogens is 4. The summed E-state index contributed by atoms with van der Waals surface area (Å²) in [6.07, 6.45) is 3.30. The highest BCUT2D eigenvalue weighted by molar-refractivity contribution is 6.31. The van der Waals surface area contributed by atoms with Gasteiger partial charge in [0.2, 0.25) is 0 Å². The molecule has 0 spiro atoms. The molecule has 1 N–H and O–H groups in total. The number of pyridine rings is 1. The molecule has 2 heterocycles. The molecule has 0 atom stereocenters. The Morgan fingerprint density at radius 3 is 2.41 bits per heavy atom. The van der Waals surface area contributed by atoms with Gasteiger partial charge in [-0.25, -0.2) is 4.68 Å². The fraction of sp³-hybridized carbons (Fsp3) is 0.0476. The molecule has 4 rings (SSSR count). The van der Waals surface area contributed by atoms with Gasteiger partial charge in [-0.2, -0.15) is 0 Å². The molecule has 29 heavy (non-hydrogen) atoms. The molecule has 2 aromatic carbocycles. The third kappa shape index (κ3) is 4.29. The molecule has 0 fully saturated rings. The number of benzene rings is 2. The predicted molar refractivity (Wildman–Crippen MR) is 112 cm³/mol. The van der Waals surface area contributed by atoms with Gasteiger partial charge in [-0.1, -0.05) is 46.6 Å². The number of nitrogens with one attached hydrogen (secondary N) is 1. The number of hydrogen-bond donors (Lipinski definition) is 1. The lowest BCUT2D eigenvalue weighted by molar-refractivity contribution is 0.0946. The molecule has 8 heteroatoms. The molecule has 6 nitrogen and oxygen atoms in total. The lowest BCUT2D eigenvalue weighted by Crippen LogP contribution is -2.24. The van der Waals surface area contributed by atoms with Crippen molar-refractivity contribution in [3.8, 4) is 16.9 Å². The third-order valence-electron chi connectivity index (χ3n) is 4.23. The first-order valence-corrected chi connectivity index (χ1v) is 9.52. The molecular weight excluding hydrogens is 409 g/mol. The maximum absolute atomic E-state index is 12.9. The molecule has 0 radical (unpaired) electrons. The first-order chi connectivity index (χ1) is 14.1. The van der Waals surface area contributed by atoms with Crippen LogP contribution >= 0.6 is 23.2 Å². The average Bonchev–Trinajstić information content (AvgIpc) is 3.18. The molecular formula is C21H15Cl2N5O. The molecule has 0 saturated carbocycles. The Balaban J connectivity index is 1.70. The third-order valence-corrected chi connectivity index (χ3v) is 4.70. The predicted octanol–water partition coefficient (Wildman–Crippen LogP) is 4.57. The van der Waals surface area contributed by atoms with Crippen LogP contribution in [0.2, 0.25) is 10.0 Å². The summed E-state index contributed by atoms with van der Waals surface area (Å²) in [4.78, 5) is 17.0. The minimum atomic E-state index is -0.343.